The Kier molecular flexibility index (Phi) is 10.7. The van der Waals surface area contributed by atoms with E-state index < -0.39 is 0 Å². The number of methoxy groups -OCH3 is 1. The summed E-state index contributed by atoms with van der Waals surface area (Å²) in [4.78, 5) is 40.7. The van der Waals surface area contributed by atoms with Crippen LogP contribution in [0, 0.1) is 5.92 Å². The number of carbonyl (C=O) groups excluding carboxylic acids is 3. The molecule has 2 aromatic carbocycles. The molecule has 0 radical (unpaired) electrons. The standard InChI is InChI=1S/C29H37N3O4/c1-21(28(34)22-9-5-3-6-10-22)24-13-16-26(30-17-7-4-8-18-33)27(19-24)31-20-32-29(35)23-11-14-25(36-2)15-12-23/h11-16,18-22,30H,3-10,17H2,1-2H3,(H,31,32,35). The van der Waals surface area contributed by atoms with Crippen LogP contribution in [0.25, 0.3) is 0 Å². The molecule has 2 aromatic rings. The molecule has 1 atom stereocenters. The van der Waals surface area contributed by atoms with Gasteiger partial charge in [0.25, 0.3) is 5.91 Å². The topological polar surface area (TPSA) is 96.9 Å². The van der Waals surface area contributed by atoms with E-state index in [2.05, 4.69) is 15.6 Å². The van der Waals surface area contributed by atoms with E-state index in [1.54, 1.807) is 31.4 Å². The van der Waals surface area contributed by atoms with Crippen LogP contribution in [0.1, 0.15) is 80.1 Å². The van der Waals surface area contributed by atoms with Gasteiger partial charge < -0.3 is 20.2 Å². The van der Waals surface area contributed by atoms with E-state index in [1.165, 1.54) is 12.8 Å². The van der Waals surface area contributed by atoms with Crippen LogP contribution < -0.4 is 15.4 Å². The number of hydrogen-bond acceptors (Lipinski definition) is 6. The zero-order valence-corrected chi connectivity index (χ0v) is 21.3. The molecule has 7 nitrogen and oxygen atoms in total. The maximum atomic E-state index is 13.1. The fraction of sp³-hybridized carbons (Fsp3) is 0.448. The van der Waals surface area contributed by atoms with Gasteiger partial charge in [-0.05, 0) is 67.6 Å². The minimum atomic E-state index is -0.276. The van der Waals surface area contributed by atoms with E-state index in [0.717, 1.165) is 56.1 Å². The zero-order valence-electron chi connectivity index (χ0n) is 21.3. The van der Waals surface area contributed by atoms with Crippen molar-refractivity contribution >= 4 is 35.7 Å². The lowest BCUT2D eigenvalue weighted by Crippen LogP contribution is -2.22. The summed E-state index contributed by atoms with van der Waals surface area (Å²) >= 11 is 0. The van der Waals surface area contributed by atoms with Gasteiger partial charge in [-0.3, -0.25) is 9.59 Å². The van der Waals surface area contributed by atoms with Gasteiger partial charge in [0.1, 0.15) is 17.8 Å². The number of ketones is 1. The number of aldehydes is 1. The number of ether oxygens (including phenoxy) is 1. The van der Waals surface area contributed by atoms with Crippen molar-refractivity contribution in [2.75, 3.05) is 19.0 Å². The Morgan fingerprint density at radius 3 is 2.53 bits per heavy atom. The highest BCUT2D eigenvalue weighted by atomic mass is 16.5. The highest BCUT2D eigenvalue weighted by Gasteiger charge is 2.26. The summed E-state index contributed by atoms with van der Waals surface area (Å²) < 4.78 is 5.13. The number of nitrogens with zero attached hydrogens (tertiary/aromatic N) is 1. The number of unbranched alkanes of at least 4 members (excludes halogenated alkanes) is 2. The van der Waals surface area contributed by atoms with Crippen LogP contribution in [-0.2, 0) is 9.59 Å². The second-order valence-corrected chi connectivity index (χ2v) is 9.28. The van der Waals surface area contributed by atoms with Crippen molar-refractivity contribution in [3.8, 4) is 5.75 Å². The lowest BCUT2D eigenvalue weighted by Gasteiger charge is -2.24. The number of carbonyl (C=O) groups is 3. The van der Waals surface area contributed by atoms with E-state index >= 15 is 0 Å². The molecule has 0 aromatic heterocycles. The van der Waals surface area contributed by atoms with Crippen molar-refractivity contribution in [2.45, 2.75) is 64.2 Å². The van der Waals surface area contributed by atoms with E-state index in [0.29, 0.717) is 35.7 Å². The largest absolute Gasteiger partial charge is 0.497 e. The highest BCUT2D eigenvalue weighted by Crippen LogP contribution is 2.34. The summed E-state index contributed by atoms with van der Waals surface area (Å²) in [5.74, 6) is 0.629. The van der Waals surface area contributed by atoms with Crippen molar-refractivity contribution < 1.29 is 19.1 Å². The number of amides is 1. The molecule has 192 valence electrons. The molecule has 3 rings (SSSR count). The van der Waals surface area contributed by atoms with Crippen molar-refractivity contribution in [1.29, 1.82) is 0 Å². The number of nitrogens with one attached hydrogen (secondary N) is 2. The molecule has 1 aliphatic rings. The Morgan fingerprint density at radius 1 is 1.08 bits per heavy atom. The lowest BCUT2D eigenvalue weighted by molar-refractivity contribution is -0.124. The number of benzene rings is 2. The first-order valence-corrected chi connectivity index (χ1v) is 12.9. The molecule has 1 saturated carbocycles. The molecule has 0 aliphatic heterocycles. The summed E-state index contributed by atoms with van der Waals surface area (Å²) in [6.07, 6.45) is 9.96. The molecule has 2 N–H and O–H groups in total. The summed E-state index contributed by atoms with van der Waals surface area (Å²) in [5.41, 5.74) is 2.89. The number of hydrogen-bond donors (Lipinski definition) is 2. The molecule has 0 heterocycles. The number of anilines is 1. The molecule has 1 unspecified atom stereocenters. The highest BCUT2D eigenvalue weighted by molar-refractivity contribution is 6.01. The second kappa shape index (κ2) is 14.2. The third-order valence-corrected chi connectivity index (χ3v) is 6.77. The Hall–Kier alpha value is -3.48. The zero-order chi connectivity index (χ0) is 25.8. The van der Waals surface area contributed by atoms with Crippen molar-refractivity contribution in [3.05, 3.63) is 53.6 Å². The number of rotatable bonds is 13. The Labute approximate surface area is 213 Å². The molecule has 0 saturated heterocycles. The van der Waals surface area contributed by atoms with Gasteiger partial charge in [0.05, 0.1) is 24.8 Å². The van der Waals surface area contributed by atoms with Gasteiger partial charge in [-0.25, -0.2) is 4.99 Å². The Balaban J connectivity index is 1.73. The first-order chi connectivity index (χ1) is 17.5. The molecule has 7 heteroatoms. The monoisotopic (exact) mass is 491 g/mol. The second-order valence-electron chi connectivity index (χ2n) is 9.28. The van der Waals surface area contributed by atoms with E-state index in [1.807, 2.05) is 25.1 Å². The smallest absolute Gasteiger partial charge is 0.256 e. The molecule has 1 fully saturated rings. The van der Waals surface area contributed by atoms with Crippen LogP contribution in [0.3, 0.4) is 0 Å². The molecule has 36 heavy (non-hydrogen) atoms. The maximum Gasteiger partial charge on any atom is 0.256 e. The van der Waals surface area contributed by atoms with Gasteiger partial charge in [-0.1, -0.05) is 32.3 Å². The van der Waals surface area contributed by atoms with Crippen LogP contribution in [0.4, 0.5) is 11.4 Å². The minimum absolute atomic E-state index is 0.139. The first kappa shape index (κ1) is 27.1. The van der Waals surface area contributed by atoms with Crippen molar-refractivity contribution in [2.24, 2.45) is 10.9 Å². The fourth-order valence-electron chi connectivity index (χ4n) is 4.54. The van der Waals surface area contributed by atoms with Crippen molar-refractivity contribution in [3.63, 3.8) is 0 Å². The summed E-state index contributed by atoms with van der Waals surface area (Å²) in [6, 6.07) is 12.7. The average Bonchev–Trinajstić information content (AvgIpc) is 2.93. The quantitative estimate of drug-likeness (QED) is 0.159. The summed E-state index contributed by atoms with van der Waals surface area (Å²) in [6.45, 7) is 2.67. The van der Waals surface area contributed by atoms with Crippen LogP contribution in [0.5, 0.6) is 5.75 Å². The van der Waals surface area contributed by atoms with Gasteiger partial charge in [-0.2, -0.15) is 0 Å². The van der Waals surface area contributed by atoms with E-state index in [-0.39, 0.29) is 17.7 Å². The van der Waals surface area contributed by atoms with Gasteiger partial charge in [0, 0.05) is 30.4 Å². The van der Waals surface area contributed by atoms with Gasteiger partial charge >= 0.3 is 0 Å². The van der Waals surface area contributed by atoms with Gasteiger partial charge in [0.15, 0.2) is 0 Å². The lowest BCUT2D eigenvalue weighted by atomic mass is 9.80. The predicted octanol–water partition coefficient (Wildman–Crippen LogP) is 5.82. The summed E-state index contributed by atoms with van der Waals surface area (Å²) in [5, 5.41) is 6.09. The molecule has 0 spiro atoms. The van der Waals surface area contributed by atoms with E-state index in [4.69, 9.17) is 4.74 Å². The molecule has 1 amide bonds. The fourth-order valence-corrected chi connectivity index (χ4v) is 4.54. The molecular formula is C29H37N3O4. The third-order valence-electron chi connectivity index (χ3n) is 6.77. The van der Waals surface area contributed by atoms with Crippen LogP contribution in [0.2, 0.25) is 0 Å². The predicted molar refractivity (Wildman–Crippen MR) is 143 cm³/mol. The van der Waals surface area contributed by atoms with Crippen molar-refractivity contribution in [1.82, 2.24) is 5.32 Å². The average molecular weight is 492 g/mol. The van der Waals surface area contributed by atoms with Gasteiger partial charge in [-0.15, -0.1) is 0 Å². The Morgan fingerprint density at radius 2 is 1.83 bits per heavy atom. The van der Waals surface area contributed by atoms with Crippen LogP contribution in [0.15, 0.2) is 47.5 Å². The summed E-state index contributed by atoms with van der Waals surface area (Å²) in [7, 11) is 1.58. The van der Waals surface area contributed by atoms with E-state index in [9.17, 15) is 14.4 Å². The minimum Gasteiger partial charge on any atom is -0.497 e. The van der Waals surface area contributed by atoms with Crippen LogP contribution in [-0.4, -0.2) is 38.0 Å². The number of Topliss-reactive ketones (excluding diaryl/α,β-unsaturated/α-hetero) is 1. The number of aliphatic imine (C=N–C) groups is 1. The van der Waals surface area contributed by atoms with Gasteiger partial charge in [0.2, 0.25) is 0 Å². The molecule has 1 aliphatic carbocycles. The van der Waals surface area contributed by atoms with Crippen LogP contribution >= 0.6 is 0 Å². The first-order valence-electron chi connectivity index (χ1n) is 12.9. The SMILES string of the molecule is COc1ccc(C(=O)NC=Nc2cc(C(C)C(=O)C3CCCCC3)ccc2NCCCCC=O)cc1. The normalized spacial score (nSPS) is 14.8. The maximum absolute atomic E-state index is 13.1. The Bertz CT molecular complexity index is 1040. The molecule has 0 bridgehead atoms. The molecular weight excluding hydrogens is 454 g/mol. The third kappa shape index (κ3) is 7.77.